The molecular formula is C20H19N3O3. The minimum absolute atomic E-state index is 0.0629. The van der Waals surface area contributed by atoms with E-state index in [0.717, 1.165) is 11.3 Å². The van der Waals surface area contributed by atoms with Crippen molar-refractivity contribution in [1.29, 1.82) is 0 Å². The standard InChI is InChI=1S/C20H19N3O3/c1-20(11-10-17(24)21-13-20)19-22-18(23-26-19)14-6-5-9-16(12-14)25-15-7-3-2-4-8-15/h2-9,12H,10-11,13H2,1H3,(H,21,24)/t20-/m0/s1. The van der Waals surface area contributed by atoms with Crippen molar-refractivity contribution >= 4 is 5.91 Å². The van der Waals surface area contributed by atoms with E-state index in [1.807, 2.05) is 61.5 Å². The summed E-state index contributed by atoms with van der Waals surface area (Å²) < 4.78 is 11.4. The van der Waals surface area contributed by atoms with Crippen LogP contribution in [0.5, 0.6) is 11.5 Å². The van der Waals surface area contributed by atoms with Gasteiger partial charge in [-0.2, -0.15) is 4.98 Å². The van der Waals surface area contributed by atoms with Crippen molar-refractivity contribution in [3.8, 4) is 22.9 Å². The minimum atomic E-state index is -0.336. The first-order valence-corrected chi connectivity index (χ1v) is 8.57. The molecule has 1 fully saturated rings. The highest BCUT2D eigenvalue weighted by Gasteiger charge is 2.37. The summed E-state index contributed by atoms with van der Waals surface area (Å²) in [4.78, 5) is 16.0. The van der Waals surface area contributed by atoms with Crippen molar-refractivity contribution in [1.82, 2.24) is 15.5 Å². The zero-order valence-corrected chi connectivity index (χ0v) is 14.4. The quantitative estimate of drug-likeness (QED) is 0.777. The Balaban J connectivity index is 1.56. The van der Waals surface area contributed by atoms with E-state index >= 15 is 0 Å². The molecule has 0 spiro atoms. The van der Waals surface area contributed by atoms with Gasteiger partial charge in [-0.05, 0) is 37.6 Å². The Morgan fingerprint density at radius 3 is 2.69 bits per heavy atom. The molecule has 4 rings (SSSR count). The third-order valence-electron chi connectivity index (χ3n) is 4.59. The zero-order chi connectivity index (χ0) is 18.0. The molecule has 1 aliphatic heterocycles. The third-order valence-corrected chi connectivity index (χ3v) is 4.59. The fourth-order valence-corrected chi connectivity index (χ4v) is 2.95. The van der Waals surface area contributed by atoms with Crippen LogP contribution in [0.1, 0.15) is 25.7 Å². The number of hydrogen-bond donors (Lipinski definition) is 1. The predicted molar refractivity (Wildman–Crippen MR) is 95.8 cm³/mol. The number of carbonyl (C=O) groups is 1. The molecule has 2 aromatic carbocycles. The van der Waals surface area contributed by atoms with E-state index < -0.39 is 0 Å². The molecular weight excluding hydrogens is 330 g/mol. The molecule has 6 nitrogen and oxygen atoms in total. The molecule has 0 saturated carbocycles. The fraction of sp³-hybridized carbons (Fsp3) is 0.250. The van der Waals surface area contributed by atoms with Crippen LogP contribution in [0.15, 0.2) is 59.1 Å². The van der Waals surface area contributed by atoms with E-state index in [4.69, 9.17) is 9.26 Å². The van der Waals surface area contributed by atoms with Crippen LogP contribution in [0.25, 0.3) is 11.4 Å². The van der Waals surface area contributed by atoms with Crippen LogP contribution in [0.2, 0.25) is 0 Å². The molecule has 0 radical (unpaired) electrons. The highest BCUT2D eigenvalue weighted by atomic mass is 16.5. The first-order chi connectivity index (χ1) is 12.6. The first kappa shape index (κ1) is 16.3. The Kier molecular flexibility index (Phi) is 4.16. The van der Waals surface area contributed by atoms with Gasteiger partial charge in [0.15, 0.2) is 0 Å². The number of aromatic nitrogens is 2. The lowest BCUT2D eigenvalue weighted by Gasteiger charge is -2.29. The molecule has 0 aliphatic carbocycles. The zero-order valence-electron chi connectivity index (χ0n) is 14.4. The monoisotopic (exact) mass is 349 g/mol. The summed E-state index contributed by atoms with van der Waals surface area (Å²) in [6.07, 6.45) is 1.16. The van der Waals surface area contributed by atoms with Crippen LogP contribution in [0, 0.1) is 0 Å². The van der Waals surface area contributed by atoms with E-state index in [1.165, 1.54) is 0 Å². The Labute approximate surface area is 151 Å². The van der Waals surface area contributed by atoms with Crippen molar-refractivity contribution in [2.45, 2.75) is 25.2 Å². The van der Waals surface area contributed by atoms with Gasteiger partial charge < -0.3 is 14.6 Å². The topological polar surface area (TPSA) is 77.2 Å². The number of nitrogens with one attached hydrogen (secondary N) is 1. The number of rotatable bonds is 4. The molecule has 1 N–H and O–H groups in total. The molecule has 132 valence electrons. The van der Waals surface area contributed by atoms with Crippen LogP contribution < -0.4 is 10.1 Å². The fourth-order valence-electron chi connectivity index (χ4n) is 2.95. The van der Waals surface area contributed by atoms with Gasteiger partial charge in [-0.3, -0.25) is 4.79 Å². The molecule has 2 heterocycles. The van der Waals surface area contributed by atoms with Crippen molar-refractivity contribution in [3.63, 3.8) is 0 Å². The maximum absolute atomic E-state index is 11.4. The molecule has 1 saturated heterocycles. The number of piperidine rings is 1. The maximum Gasteiger partial charge on any atom is 0.234 e. The van der Waals surface area contributed by atoms with Gasteiger partial charge in [0.05, 0.1) is 5.41 Å². The van der Waals surface area contributed by atoms with Crippen LogP contribution in [0.4, 0.5) is 0 Å². The Hall–Kier alpha value is -3.15. The second kappa shape index (κ2) is 6.63. The Morgan fingerprint density at radius 2 is 1.92 bits per heavy atom. The molecule has 1 amide bonds. The van der Waals surface area contributed by atoms with Gasteiger partial charge in [0.2, 0.25) is 17.6 Å². The highest BCUT2D eigenvalue weighted by molar-refractivity contribution is 5.77. The summed E-state index contributed by atoms with van der Waals surface area (Å²) in [5.41, 5.74) is 0.481. The number of hydrogen-bond acceptors (Lipinski definition) is 5. The lowest BCUT2D eigenvalue weighted by Crippen LogP contribution is -2.44. The van der Waals surface area contributed by atoms with Crippen LogP contribution in [-0.4, -0.2) is 22.6 Å². The van der Waals surface area contributed by atoms with E-state index in [1.54, 1.807) is 0 Å². The van der Waals surface area contributed by atoms with Gasteiger partial charge in [0, 0.05) is 18.5 Å². The van der Waals surface area contributed by atoms with Crippen molar-refractivity contribution in [2.24, 2.45) is 0 Å². The lowest BCUT2D eigenvalue weighted by molar-refractivity contribution is -0.123. The number of ether oxygens (including phenoxy) is 1. The molecule has 1 aromatic heterocycles. The van der Waals surface area contributed by atoms with Gasteiger partial charge in [0.1, 0.15) is 11.5 Å². The van der Waals surface area contributed by atoms with Crippen molar-refractivity contribution < 1.29 is 14.1 Å². The normalized spacial score (nSPS) is 19.8. The summed E-state index contributed by atoms with van der Waals surface area (Å²) in [5, 5.41) is 6.99. The highest BCUT2D eigenvalue weighted by Crippen LogP contribution is 2.32. The largest absolute Gasteiger partial charge is 0.457 e. The van der Waals surface area contributed by atoms with Crippen LogP contribution in [-0.2, 0) is 10.2 Å². The summed E-state index contributed by atoms with van der Waals surface area (Å²) in [5.74, 6) is 2.59. The number of benzene rings is 2. The number of nitrogens with zero attached hydrogens (tertiary/aromatic N) is 2. The van der Waals surface area contributed by atoms with E-state index in [9.17, 15) is 4.79 Å². The van der Waals surface area contributed by atoms with Gasteiger partial charge in [-0.25, -0.2) is 0 Å². The Morgan fingerprint density at radius 1 is 1.12 bits per heavy atom. The minimum Gasteiger partial charge on any atom is -0.457 e. The SMILES string of the molecule is C[C@]1(c2nc(-c3cccc(Oc4ccccc4)c3)no2)CCC(=O)NC1. The van der Waals surface area contributed by atoms with Gasteiger partial charge >= 0.3 is 0 Å². The molecule has 26 heavy (non-hydrogen) atoms. The lowest BCUT2D eigenvalue weighted by atomic mass is 9.82. The summed E-state index contributed by atoms with van der Waals surface area (Å²) in [6, 6.07) is 17.2. The van der Waals surface area contributed by atoms with Crippen molar-refractivity contribution in [3.05, 3.63) is 60.5 Å². The van der Waals surface area contributed by atoms with Gasteiger partial charge in [0.25, 0.3) is 0 Å². The molecule has 0 bridgehead atoms. The average molecular weight is 349 g/mol. The number of carbonyl (C=O) groups excluding carboxylic acids is 1. The van der Waals surface area contributed by atoms with E-state index in [0.29, 0.717) is 36.9 Å². The second-order valence-corrected chi connectivity index (χ2v) is 6.70. The number of amides is 1. The van der Waals surface area contributed by atoms with Crippen molar-refractivity contribution in [2.75, 3.05) is 6.54 Å². The molecule has 1 atom stereocenters. The molecule has 6 heteroatoms. The molecule has 3 aromatic rings. The smallest absolute Gasteiger partial charge is 0.234 e. The number of para-hydroxylation sites is 1. The molecule has 0 unspecified atom stereocenters. The Bertz CT molecular complexity index is 911. The molecule has 1 aliphatic rings. The van der Waals surface area contributed by atoms with E-state index in [2.05, 4.69) is 15.5 Å². The average Bonchev–Trinajstić information content (AvgIpc) is 3.17. The van der Waals surface area contributed by atoms with Crippen LogP contribution in [0.3, 0.4) is 0 Å². The van der Waals surface area contributed by atoms with Gasteiger partial charge in [-0.15, -0.1) is 0 Å². The summed E-state index contributed by atoms with van der Waals surface area (Å²) >= 11 is 0. The van der Waals surface area contributed by atoms with Gasteiger partial charge in [-0.1, -0.05) is 35.5 Å². The predicted octanol–water partition coefficient (Wildman–Crippen LogP) is 3.70. The summed E-state index contributed by atoms with van der Waals surface area (Å²) in [6.45, 7) is 2.53. The maximum atomic E-state index is 11.4. The van der Waals surface area contributed by atoms with E-state index in [-0.39, 0.29) is 11.3 Å². The third kappa shape index (κ3) is 3.31. The summed E-state index contributed by atoms with van der Waals surface area (Å²) in [7, 11) is 0. The second-order valence-electron chi connectivity index (χ2n) is 6.70. The van der Waals surface area contributed by atoms with Crippen LogP contribution >= 0.6 is 0 Å². The first-order valence-electron chi connectivity index (χ1n) is 8.57.